The van der Waals surface area contributed by atoms with Gasteiger partial charge in [0.15, 0.2) is 11.6 Å². The summed E-state index contributed by atoms with van der Waals surface area (Å²) >= 11 is 0. The molecule has 0 heterocycles. The molecule has 0 unspecified atom stereocenters. The third-order valence-electron chi connectivity index (χ3n) is 7.03. The Labute approximate surface area is 264 Å². The van der Waals surface area contributed by atoms with E-state index < -0.39 is 35.4 Å². The predicted octanol–water partition coefficient (Wildman–Crippen LogP) is 5.51. The Morgan fingerprint density at radius 2 is 0.478 bits per heavy atom. The van der Waals surface area contributed by atoms with E-state index in [1.807, 2.05) is 0 Å². The average Bonchev–Trinajstić information content (AvgIpc) is 3.12. The van der Waals surface area contributed by atoms with Crippen LogP contribution in [0.3, 0.4) is 0 Å². The van der Waals surface area contributed by atoms with Gasteiger partial charge in [-0.25, -0.2) is 19.2 Å². The molecule has 0 atom stereocenters. The van der Waals surface area contributed by atoms with E-state index in [1.54, 1.807) is 0 Å². The van der Waals surface area contributed by atoms with E-state index in [4.69, 9.17) is 18.9 Å². The highest BCUT2D eigenvalue weighted by Crippen LogP contribution is 2.33. The molecule has 4 aromatic rings. The minimum atomic E-state index is -0.595. The van der Waals surface area contributed by atoms with E-state index in [0.29, 0.717) is 11.1 Å². The summed E-state index contributed by atoms with van der Waals surface area (Å²) in [6.45, 7) is 0. The molecule has 0 bridgehead atoms. The van der Waals surface area contributed by atoms with Crippen LogP contribution in [0.4, 0.5) is 0 Å². The number of Topliss-reactive ketones (excluding diaryl/α,β-unsaturated/α-hetero) is 2. The van der Waals surface area contributed by atoms with Crippen molar-refractivity contribution in [1.82, 2.24) is 0 Å². The summed E-state index contributed by atoms with van der Waals surface area (Å²) < 4.78 is 19.1. The number of carbonyl (C=O) groups is 6. The van der Waals surface area contributed by atoms with E-state index in [9.17, 15) is 28.8 Å². The van der Waals surface area contributed by atoms with Gasteiger partial charge in [0, 0.05) is 22.3 Å². The Morgan fingerprint density at radius 1 is 0.304 bits per heavy atom. The van der Waals surface area contributed by atoms with Crippen LogP contribution in [0.25, 0.3) is 11.1 Å². The van der Waals surface area contributed by atoms with Crippen molar-refractivity contribution in [3.05, 3.63) is 142 Å². The number of ether oxygens (including phenoxy) is 4. The van der Waals surface area contributed by atoms with E-state index in [2.05, 4.69) is 0 Å². The maximum absolute atomic E-state index is 14.4. The maximum Gasteiger partial charge on any atom is 0.337 e. The first-order valence-electron chi connectivity index (χ1n) is 13.7. The van der Waals surface area contributed by atoms with Crippen molar-refractivity contribution >= 4 is 46.6 Å². The first kappa shape index (κ1) is 32.7. The van der Waals surface area contributed by atoms with E-state index in [-0.39, 0.29) is 44.5 Å². The molecule has 0 aliphatic carbocycles. The fourth-order valence-electron chi connectivity index (χ4n) is 4.60. The summed E-state index contributed by atoms with van der Waals surface area (Å²) in [4.78, 5) is 77.1. The topological polar surface area (TPSA) is 139 Å². The maximum atomic E-state index is 14.4. The molecular weight excluding hydrogens is 592 g/mol. The molecule has 4 aromatic carbocycles. The molecule has 46 heavy (non-hydrogen) atoms. The lowest BCUT2D eigenvalue weighted by atomic mass is 9.84. The lowest BCUT2D eigenvalue weighted by molar-refractivity contribution is 0.0592. The smallest absolute Gasteiger partial charge is 0.337 e. The van der Waals surface area contributed by atoms with Gasteiger partial charge in [0.2, 0.25) is 0 Å². The molecule has 0 amide bonds. The number of carbonyl (C=O) groups excluding carboxylic acids is 6. The zero-order chi connectivity index (χ0) is 33.4. The number of allylic oxidation sites excluding steroid dienone is 2. The van der Waals surface area contributed by atoms with E-state index >= 15 is 0 Å². The molecule has 4 rings (SSSR count). The third-order valence-corrected chi connectivity index (χ3v) is 7.03. The number of hydrogen-bond acceptors (Lipinski definition) is 10. The number of esters is 4. The van der Waals surface area contributed by atoms with Crippen LogP contribution in [0.5, 0.6) is 0 Å². The van der Waals surface area contributed by atoms with Crippen LogP contribution in [0.2, 0.25) is 0 Å². The second-order valence-corrected chi connectivity index (χ2v) is 9.68. The molecule has 10 nitrogen and oxygen atoms in total. The van der Waals surface area contributed by atoms with Gasteiger partial charge < -0.3 is 18.9 Å². The van der Waals surface area contributed by atoms with Crippen LogP contribution in [-0.4, -0.2) is 63.9 Å². The largest absolute Gasteiger partial charge is 0.465 e. The monoisotopic (exact) mass is 620 g/mol. The zero-order valence-corrected chi connectivity index (χ0v) is 25.3. The predicted molar refractivity (Wildman–Crippen MR) is 167 cm³/mol. The van der Waals surface area contributed by atoms with Gasteiger partial charge in [-0.3, -0.25) is 9.59 Å². The molecule has 0 aliphatic rings. The second kappa shape index (κ2) is 14.5. The summed E-state index contributed by atoms with van der Waals surface area (Å²) in [6, 6.07) is 23.3. The number of ketones is 2. The Morgan fingerprint density at radius 3 is 0.674 bits per heavy atom. The number of methoxy groups -OCH3 is 4. The van der Waals surface area contributed by atoms with Gasteiger partial charge in [0.05, 0.1) is 50.7 Å². The Balaban J connectivity index is 2.01. The summed E-state index contributed by atoms with van der Waals surface area (Å²) in [7, 11) is 4.95. The zero-order valence-electron chi connectivity index (χ0n) is 25.3. The lowest BCUT2D eigenvalue weighted by Gasteiger charge is -2.17. The van der Waals surface area contributed by atoms with Crippen LogP contribution < -0.4 is 0 Å². The minimum Gasteiger partial charge on any atom is -0.465 e. The van der Waals surface area contributed by atoms with Crippen molar-refractivity contribution in [2.75, 3.05) is 28.4 Å². The number of hydrogen-bond donors (Lipinski definition) is 0. The Kier molecular flexibility index (Phi) is 10.4. The minimum absolute atomic E-state index is 0.0323. The van der Waals surface area contributed by atoms with Crippen molar-refractivity contribution in [3.63, 3.8) is 0 Å². The van der Waals surface area contributed by atoms with Crippen molar-refractivity contribution in [3.8, 4) is 0 Å². The van der Waals surface area contributed by atoms with Crippen molar-refractivity contribution in [2.45, 2.75) is 0 Å². The number of benzene rings is 4. The van der Waals surface area contributed by atoms with E-state index in [1.165, 1.54) is 126 Å². The molecule has 0 saturated heterocycles. The molecule has 0 saturated carbocycles. The number of rotatable bonds is 10. The van der Waals surface area contributed by atoms with Gasteiger partial charge in [0.25, 0.3) is 0 Å². The fraction of sp³-hybridized carbons (Fsp3) is 0.111. The highest BCUT2D eigenvalue weighted by molar-refractivity contribution is 6.46. The molecular formula is C36H28O10. The summed E-state index contributed by atoms with van der Waals surface area (Å²) in [5, 5.41) is 0. The van der Waals surface area contributed by atoms with Gasteiger partial charge in [0.1, 0.15) is 0 Å². The molecule has 0 radical (unpaired) electrons. The highest BCUT2D eigenvalue weighted by atomic mass is 16.5. The molecule has 232 valence electrons. The molecule has 10 heteroatoms. The molecule has 0 spiro atoms. The fourth-order valence-corrected chi connectivity index (χ4v) is 4.60. The van der Waals surface area contributed by atoms with Gasteiger partial charge in [-0.15, -0.1) is 0 Å². The Bertz CT molecular complexity index is 1690. The Hall–Kier alpha value is -6.16. The van der Waals surface area contributed by atoms with Gasteiger partial charge in [-0.05, 0) is 59.7 Å². The quantitative estimate of drug-likeness (QED) is 0.0733. The first-order chi connectivity index (χ1) is 22.1. The van der Waals surface area contributed by atoms with Gasteiger partial charge in [-0.1, -0.05) is 48.5 Å². The van der Waals surface area contributed by atoms with Gasteiger partial charge >= 0.3 is 23.9 Å². The highest BCUT2D eigenvalue weighted by Gasteiger charge is 2.27. The summed E-state index contributed by atoms with van der Waals surface area (Å²) in [5.41, 5.74) is 1.69. The van der Waals surface area contributed by atoms with Crippen molar-refractivity contribution < 1.29 is 47.7 Å². The van der Waals surface area contributed by atoms with Crippen molar-refractivity contribution in [1.29, 1.82) is 0 Å². The summed E-state index contributed by atoms with van der Waals surface area (Å²) in [5.74, 6) is -3.53. The van der Waals surface area contributed by atoms with Crippen LogP contribution in [-0.2, 0) is 18.9 Å². The van der Waals surface area contributed by atoms with E-state index in [0.717, 1.165) is 0 Å². The SMILES string of the molecule is COC(=O)c1ccc(C(=O)/C(=C(\C(=O)c2ccc(C(=O)OC)cc2)c2ccc(C(=O)OC)cc2)c2ccc(C(=O)OC)cc2)cc1. The normalized spacial score (nSPS) is 11.0. The van der Waals surface area contributed by atoms with Crippen LogP contribution in [0, 0.1) is 0 Å². The lowest BCUT2D eigenvalue weighted by Crippen LogP contribution is -2.13. The van der Waals surface area contributed by atoms with Crippen LogP contribution in [0.15, 0.2) is 97.1 Å². The first-order valence-corrected chi connectivity index (χ1v) is 13.7. The molecule has 0 fully saturated rings. The average molecular weight is 621 g/mol. The second-order valence-electron chi connectivity index (χ2n) is 9.68. The molecule has 0 aromatic heterocycles. The molecule has 0 N–H and O–H groups in total. The standard InChI is InChI=1S/C36H28O10/c1-43-33(39)25-13-5-21(6-14-25)29(31(37)23-9-17-27(18-10-23)35(41)45-3)30(22-7-15-26(16-8-22)34(40)44-2)32(38)24-11-19-28(20-12-24)36(42)46-4/h5-20H,1-4H3/b30-29-. The van der Waals surface area contributed by atoms with Gasteiger partial charge in [-0.2, -0.15) is 0 Å². The van der Waals surface area contributed by atoms with Crippen molar-refractivity contribution in [2.24, 2.45) is 0 Å². The van der Waals surface area contributed by atoms with Crippen LogP contribution in [0.1, 0.15) is 73.3 Å². The third kappa shape index (κ3) is 6.97. The summed E-state index contributed by atoms with van der Waals surface area (Å²) in [6.07, 6.45) is 0. The molecule has 0 aliphatic heterocycles. The van der Waals surface area contributed by atoms with Crippen LogP contribution >= 0.6 is 0 Å².